The number of hydrogen-bond donors (Lipinski definition) is 2. The molecule has 106 valence electrons. The van der Waals surface area contributed by atoms with Crippen molar-refractivity contribution >= 4 is 17.7 Å². The highest BCUT2D eigenvalue weighted by Gasteiger charge is 2.24. The maximum Gasteiger partial charge on any atom is 0.234 e. The van der Waals surface area contributed by atoms with Crippen LogP contribution in [0.2, 0.25) is 0 Å². The van der Waals surface area contributed by atoms with Crippen LogP contribution in [0.15, 0.2) is 0 Å². The van der Waals surface area contributed by atoms with Crippen molar-refractivity contribution < 1.29 is 4.79 Å². The number of thioether (sulfide) groups is 1. The maximum atomic E-state index is 11.8. The first kappa shape index (κ1) is 15.8. The zero-order valence-corrected chi connectivity index (χ0v) is 12.8. The molecule has 4 heteroatoms. The second kappa shape index (κ2) is 8.81. The second-order valence-electron chi connectivity index (χ2n) is 5.13. The molecule has 0 radical (unpaired) electrons. The number of carbonyl (C=O) groups excluding carboxylic acids is 1. The molecule has 1 aliphatic rings. The molecule has 1 fully saturated rings. The monoisotopic (exact) mass is 272 g/mol. The standard InChI is InChI=1S/C14H28N2OS/c1-4-11(5-2)16-14(17)10-15-12-8-6-7-9-13(12)18-3/h11-13,15H,4-10H2,1-3H3,(H,16,17). The van der Waals surface area contributed by atoms with Crippen LogP contribution in [0.1, 0.15) is 52.4 Å². The third kappa shape index (κ3) is 5.19. The fourth-order valence-corrected chi connectivity index (χ4v) is 3.57. The summed E-state index contributed by atoms with van der Waals surface area (Å²) in [5.74, 6) is 0.147. The first-order valence-electron chi connectivity index (χ1n) is 7.26. The van der Waals surface area contributed by atoms with Gasteiger partial charge in [0.2, 0.25) is 5.91 Å². The van der Waals surface area contributed by atoms with Gasteiger partial charge in [-0.25, -0.2) is 0 Å². The minimum absolute atomic E-state index is 0.147. The van der Waals surface area contributed by atoms with Crippen LogP contribution in [0.5, 0.6) is 0 Å². The summed E-state index contributed by atoms with van der Waals surface area (Å²) in [6.07, 6.45) is 9.33. The van der Waals surface area contributed by atoms with E-state index >= 15 is 0 Å². The zero-order chi connectivity index (χ0) is 13.4. The molecule has 0 spiro atoms. The van der Waals surface area contributed by atoms with Gasteiger partial charge in [-0.15, -0.1) is 0 Å². The van der Waals surface area contributed by atoms with Crippen molar-refractivity contribution in [3.8, 4) is 0 Å². The van der Waals surface area contributed by atoms with Gasteiger partial charge in [-0.1, -0.05) is 26.7 Å². The van der Waals surface area contributed by atoms with E-state index in [1.54, 1.807) is 0 Å². The van der Waals surface area contributed by atoms with E-state index in [4.69, 9.17) is 0 Å². The third-order valence-electron chi connectivity index (χ3n) is 3.88. The molecule has 18 heavy (non-hydrogen) atoms. The van der Waals surface area contributed by atoms with E-state index in [-0.39, 0.29) is 5.91 Å². The van der Waals surface area contributed by atoms with Gasteiger partial charge < -0.3 is 10.6 Å². The van der Waals surface area contributed by atoms with E-state index < -0.39 is 0 Å². The van der Waals surface area contributed by atoms with Gasteiger partial charge >= 0.3 is 0 Å². The van der Waals surface area contributed by atoms with Crippen molar-refractivity contribution in [1.82, 2.24) is 10.6 Å². The van der Waals surface area contributed by atoms with Gasteiger partial charge in [-0.2, -0.15) is 11.8 Å². The first-order chi connectivity index (χ1) is 8.71. The van der Waals surface area contributed by atoms with Crippen molar-refractivity contribution in [3.05, 3.63) is 0 Å². The quantitative estimate of drug-likeness (QED) is 0.748. The van der Waals surface area contributed by atoms with Crippen LogP contribution >= 0.6 is 11.8 Å². The third-order valence-corrected chi connectivity index (χ3v) is 5.05. The lowest BCUT2D eigenvalue weighted by atomic mass is 9.95. The number of hydrogen-bond acceptors (Lipinski definition) is 3. The van der Waals surface area contributed by atoms with Crippen molar-refractivity contribution in [2.24, 2.45) is 0 Å². The van der Waals surface area contributed by atoms with E-state index in [1.807, 2.05) is 11.8 Å². The van der Waals surface area contributed by atoms with Gasteiger partial charge in [0, 0.05) is 17.3 Å². The highest BCUT2D eigenvalue weighted by Crippen LogP contribution is 2.26. The fraction of sp³-hybridized carbons (Fsp3) is 0.929. The van der Waals surface area contributed by atoms with Crippen LogP contribution in [-0.2, 0) is 4.79 Å². The Morgan fingerprint density at radius 3 is 2.56 bits per heavy atom. The molecule has 1 aliphatic carbocycles. The first-order valence-corrected chi connectivity index (χ1v) is 8.55. The fourth-order valence-electron chi connectivity index (χ4n) is 2.61. The largest absolute Gasteiger partial charge is 0.352 e. The number of amides is 1. The van der Waals surface area contributed by atoms with Gasteiger partial charge in [-0.3, -0.25) is 4.79 Å². The number of rotatable bonds is 7. The Bertz CT molecular complexity index is 244. The Morgan fingerprint density at radius 1 is 1.28 bits per heavy atom. The molecule has 0 heterocycles. The Morgan fingerprint density at radius 2 is 1.94 bits per heavy atom. The Kier molecular flexibility index (Phi) is 7.75. The normalized spacial score (nSPS) is 24.2. The summed E-state index contributed by atoms with van der Waals surface area (Å²) in [7, 11) is 0. The summed E-state index contributed by atoms with van der Waals surface area (Å²) in [5, 5.41) is 7.20. The number of carbonyl (C=O) groups is 1. The highest BCUT2D eigenvalue weighted by atomic mass is 32.2. The highest BCUT2D eigenvalue weighted by molar-refractivity contribution is 7.99. The lowest BCUT2D eigenvalue weighted by molar-refractivity contribution is -0.121. The SMILES string of the molecule is CCC(CC)NC(=O)CNC1CCCCC1SC. The van der Waals surface area contributed by atoms with E-state index in [1.165, 1.54) is 25.7 Å². The smallest absolute Gasteiger partial charge is 0.234 e. The Labute approximate surface area is 116 Å². The molecule has 0 aliphatic heterocycles. The Balaban J connectivity index is 2.28. The van der Waals surface area contributed by atoms with E-state index in [2.05, 4.69) is 30.7 Å². The van der Waals surface area contributed by atoms with E-state index in [0.717, 1.165) is 12.8 Å². The minimum atomic E-state index is 0.147. The molecule has 0 aromatic rings. The predicted molar refractivity (Wildman–Crippen MR) is 80.1 cm³/mol. The van der Waals surface area contributed by atoms with Crippen molar-refractivity contribution in [3.63, 3.8) is 0 Å². The van der Waals surface area contributed by atoms with Gasteiger partial charge in [-0.05, 0) is 31.9 Å². The molecular weight excluding hydrogens is 244 g/mol. The molecule has 0 aromatic heterocycles. The topological polar surface area (TPSA) is 41.1 Å². The molecule has 0 saturated heterocycles. The van der Waals surface area contributed by atoms with Crippen molar-refractivity contribution in [1.29, 1.82) is 0 Å². The molecule has 1 rings (SSSR count). The van der Waals surface area contributed by atoms with Crippen molar-refractivity contribution in [2.75, 3.05) is 12.8 Å². The summed E-state index contributed by atoms with van der Waals surface area (Å²) in [6.45, 7) is 4.71. The van der Waals surface area contributed by atoms with Crippen LogP contribution in [0.25, 0.3) is 0 Å². The second-order valence-corrected chi connectivity index (χ2v) is 6.20. The van der Waals surface area contributed by atoms with Gasteiger partial charge in [0.25, 0.3) is 0 Å². The summed E-state index contributed by atoms with van der Waals surface area (Å²) < 4.78 is 0. The average molecular weight is 272 g/mol. The Hall–Kier alpha value is -0.220. The van der Waals surface area contributed by atoms with E-state index in [0.29, 0.717) is 23.9 Å². The molecule has 2 N–H and O–H groups in total. The molecule has 0 aromatic carbocycles. The van der Waals surface area contributed by atoms with Crippen LogP contribution < -0.4 is 10.6 Å². The van der Waals surface area contributed by atoms with Gasteiger partial charge in [0.05, 0.1) is 6.54 Å². The lowest BCUT2D eigenvalue weighted by Crippen LogP contribution is -2.47. The molecule has 0 bridgehead atoms. The molecule has 2 atom stereocenters. The zero-order valence-electron chi connectivity index (χ0n) is 12.0. The summed E-state index contributed by atoms with van der Waals surface area (Å²) in [5.41, 5.74) is 0. The molecule has 1 saturated carbocycles. The van der Waals surface area contributed by atoms with Crippen LogP contribution in [-0.4, -0.2) is 36.0 Å². The predicted octanol–water partition coefficient (Wildman–Crippen LogP) is 2.56. The summed E-state index contributed by atoms with van der Waals surface area (Å²) >= 11 is 1.93. The van der Waals surface area contributed by atoms with Crippen LogP contribution in [0.3, 0.4) is 0 Å². The molecule has 3 nitrogen and oxygen atoms in total. The van der Waals surface area contributed by atoms with Crippen molar-refractivity contribution in [2.45, 2.75) is 69.7 Å². The number of nitrogens with one attached hydrogen (secondary N) is 2. The maximum absolute atomic E-state index is 11.8. The molecule has 1 amide bonds. The average Bonchev–Trinajstić information content (AvgIpc) is 2.42. The van der Waals surface area contributed by atoms with Gasteiger partial charge in [0.15, 0.2) is 0 Å². The molecule has 2 unspecified atom stereocenters. The summed E-state index contributed by atoms with van der Waals surface area (Å²) in [4.78, 5) is 11.8. The molecular formula is C14H28N2OS. The van der Waals surface area contributed by atoms with Gasteiger partial charge in [0.1, 0.15) is 0 Å². The lowest BCUT2D eigenvalue weighted by Gasteiger charge is -2.31. The van der Waals surface area contributed by atoms with Crippen LogP contribution in [0, 0.1) is 0 Å². The van der Waals surface area contributed by atoms with Crippen LogP contribution in [0.4, 0.5) is 0 Å². The minimum Gasteiger partial charge on any atom is -0.352 e. The summed E-state index contributed by atoms with van der Waals surface area (Å²) in [6, 6.07) is 0.850. The van der Waals surface area contributed by atoms with E-state index in [9.17, 15) is 4.79 Å².